The fourth-order valence-corrected chi connectivity index (χ4v) is 1.48. The van der Waals surface area contributed by atoms with Crippen molar-refractivity contribution < 1.29 is 19.0 Å². The summed E-state index contributed by atoms with van der Waals surface area (Å²) in [6, 6.07) is 5.51. The molecule has 1 unspecified atom stereocenters. The summed E-state index contributed by atoms with van der Waals surface area (Å²) in [6.45, 7) is 3.57. The maximum Gasteiger partial charge on any atom is 0.346 e. The second kappa shape index (κ2) is 6.69. The summed E-state index contributed by atoms with van der Waals surface area (Å²) < 4.78 is 15.3. The summed E-state index contributed by atoms with van der Waals surface area (Å²) in [4.78, 5) is 11.3. The molecule has 1 aromatic carbocycles. The van der Waals surface area contributed by atoms with Gasteiger partial charge < -0.3 is 14.2 Å². The van der Waals surface area contributed by atoms with Crippen LogP contribution in [-0.4, -0.2) is 26.3 Å². The molecule has 0 bridgehead atoms. The van der Waals surface area contributed by atoms with Crippen LogP contribution in [0.3, 0.4) is 0 Å². The summed E-state index contributed by atoms with van der Waals surface area (Å²) in [5.74, 6) is 0.680. The van der Waals surface area contributed by atoms with Gasteiger partial charge in [-0.2, -0.15) is 0 Å². The second-order valence-corrected chi connectivity index (χ2v) is 3.69. The van der Waals surface area contributed by atoms with Crippen molar-refractivity contribution in [1.29, 1.82) is 0 Å². The van der Waals surface area contributed by atoms with Crippen molar-refractivity contribution in [3.8, 4) is 11.5 Å². The van der Waals surface area contributed by atoms with Crippen molar-refractivity contribution >= 4 is 12.0 Å². The van der Waals surface area contributed by atoms with Crippen LogP contribution in [0.15, 0.2) is 24.3 Å². The fraction of sp³-hybridized carbons (Fsp3) is 0.357. The zero-order chi connectivity index (χ0) is 13.5. The maximum absolute atomic E-state index is 11.3. The minimum absolute atomic E-state index is 0.422. The number of benzene rings is 1. The first kappa shape index (κ1) is 14.1. The lowest BCUT2D eigenvalue weighted by Gasteiger charge is -2.15. The molecule has 0 N–H and O–H groups in total. The number of rotatable bonds is 5. The van der Waals surface area contributed by atoms with E-state index in [0.717, 1.165) is 5.56 Å². The van der Waals surface area contributed by atoms with Gasteiger partial charge in [0, 0.05) is 0 Å². The average Bonchev–Trinajstić information content (AvgIpc) is 2.39. The maximum atomic E-state index is 11.3. The van der Waals surface area contributed by atoms with Crippen molar-refractivity contribution in [3.05, 3.63) is 29.8 Å². The summed E-state index contributed by atoms with van der Waals surface area (Å²) in [5, 5.41) is 0. The molecule has 98 valence electrons. The van der Waals surface area contributed by atoms with E-state index in [4.69, 9.17) is 9.47 Å². The molecule has 0 spiro atoms. The van der Waals surface area contributed by atoms with Crippen LogP contribution in [0.5, 0.6) is 11.5 Å². The Bertz CT molecular complexity index is 437. The molecule has 0 aliphatic carbocycles. The van der Waals surface area contributed by atoms with Crippen molar-refractivity contribution in [2.75, 3.05) is 14.2 Å². The summed E-state index contributed by atoms with van der Waals surface area (Å²) >= 11 is 0. The van der Waals surface area contributed by atoms with Crippen LogP contribution in [0, 0.1) is 0 Å². The van der Waals surface area contributed by atoms with Crippen LogP contribution in [0.1, 0.15) is 19.4 Å². The summed E-state index contributed by atoms with van der Waals surface area (Å²) in [6.07, 6.45) is 3.22. The Morgan fingerprint density at radius 2 is 2.00 bits per heavy atom. The first-order chi connectivity index (χ1) is 8.62. The van der Waals surface area contributed by atoms with Gasteiger partial charge in [0.25, 0.3) is 0 Å². The van der Waals surface area contributed by atoms with Gasteiger partial charge in [-0.05, 0) is 31.5 Å². The second-order valence-electron chi connectivity index (χ2n) is 3.69. The molecule has 0 saturated carbocycles. The van der Waals surface area contributed by atoms with E-state index >= 15 is 0 Å². The predicted molar refractivity (Wildman–Crippen MR) is 69.8 cm³/mol. The van der Waals surface area contributed by atoms with E-state index in [1.165, 1.54) is 7.11 Å². The molecule has 0 fully saturated rings. The van der Waals surface area contributed by atoms with Gasteiger partial charge in [-0.1, -0.05) is 18.2 Å². The highest BCUT2D eigenvalue weighted by Gasteiger charge is 2.17. The third-order valence-electron chi connectivity index (χ3n) is 2.38. The third kappa shape index (κ3) is 3.52. The van der Waals surface area contributed by atoms with Gasteiger partial charge in [0.2, 0.25) is 0 Å². The van der Waals surface area contributed by atoms with Gasteiger partial charge in [0.05, 0.1) is 14.2 Å². The molecule has 0 saturated heterocycles. The molecule has 0 radical (unpaired) electrons. The molecule has 0 heterocycles. The molecule has 0 amide bonds. The lowest BCUT2D eigenvalue weighted by Crippen LogP contribution is -2.25. The Morgan fingerprint density at radius 1 is 1.28 bits per heavy atom. The quantitative estimate of drug-likeness (QED) is 0.754. The van der Waals surface area contributed by atoms with Gasteiger partial charge in [-0.3, -0.25) is 0 Å². The topological polar surface area (TPSA) is 44.8 Å². The van der Waals surface area contributed by atoms with Gasteiger partial charge in [-0.15, -0.1) is 0 Å². The van der Waals surface area contributed by atoms with Crippen LogP contribution in [0.4, 0.5) is 0 Å². The van der Waals surface area contributed by atoms with Crippen molar-refractivity contribution in [2.24, 2.45) is 0 Å². The number of carbonyl (C=O) groups is 1. The van der Waals surface area contributed by atoms with Gasteiger partial charge >= 0.3 is 5.97 Å². The molecule has 0 aliphatic rings. The normalized spacial score (nSPS) is 12.2. The SMILES string of the molecule is C/C=C/c1ccc(OC(C)C(=O)OC)c(OC)c1. The van der Waals surface area contributed by atoms with Crippen molar-refractivity contribution in [2.45, 2.75) is 20.0 Å². The number of hydrogen-bond donors (Lipinski definition) is 0. The van der Waals surface area contributed by atoms with E-state index in [0.29, 0.717) is 11.5 Å². The monoisotopic (exact) mass is 250 g/mol. The highest BCUT2D eigenvalue weighted by atomic mass is 16.6. The Balaban J connectivity index is 2.92. The molecule has 18 heavy (non-hydrogen) atoms. The highest BCUT2D eigenvalue weighted by molar-refractivity contribution is 5.74. The fourth-order valence-electron chi connectivity index (χ4n) is 1.48. The van der Waals surface area contributed by atoms with E-state index in [1.54, 1.807) is 20.1 Å². The van der Waals surface area contributed by atoms with Crippen LogP contribution >= 0.6 is 0 Å². The smallest absolute Gasteiger partial charge is 0.346 e. The number of carbonyl (C=O) groups excluding carboxylic acids is 1. The third-order valence-corrected chi connectivity index (χ3v) is 2.38. The summed E-state index contributed by atoms with van der Waals surface area (Å²) in [5.41, 5.74) is 1.01. The van der Waals surface area contributed by atoms with Gasteiger partial charge in [0.1, 0.15) is 0 Å². The Kier molecular flexibility index (Phi) is 5.24. The average molecular weight is 250 g/mol. The minimum atomic E-state index is -0.670. The molecule has 1 aromatic rings. The van der Waals surface area contributed by atoms with Crippen molar-refractivity contribution in [3.63, 3.8) is 0 Å². The highest BCUT2D eigenvalue weighted by Crippen LogP contribution is 2.29. The molecule has 1 atom stereocenters. The zero-order valence-electron chi connectivity index (χ0n) is 11.1. The molecular formula is C14H18O4. The lowest BCUT2D eigenvalue weighted by molar-refractivity contribution is -0.147. The van der Waals surface area contributed by atoms with Crippen LogP contribution in [-0.2, 0) is 9.53 Å². The van der Waals surface area contributed by atoms with Gasteiger partial charge in [0.15, 0.2) is 17.6 Å². The number of allylic oxidation sites excluding steroid dienone is 1. The van der Waals surface area contributed by atoms with Crippen LogP contribution < -0.4 is 9.47 Å². The first-order valence-corrected chi connectivity index (χ1v) is 5.67. The zero-order valence-corrected chi connectivity index (χ0v) is 11.1. The van der Waals surface area contributed by atoms with Gasteiger partial charge in [-0.25, -0.2) is 4.79 Å². The molecular weight excluding hydrogens is 232 g/mol. The van der Waals surface area contributed by atoms with E-state index in [-0.39, 0.29) is 0 Å². The molecule has 0 aliphatic heterocycles. The number of hydrogen-bond acceptors (Lipinski definition) is 4. The van der Waals surface area contributed by atoms with E-state index in [2.05, 4.69) is 4.74 Å². The number of ether oxygens (including phenoxy) is 3. The van der Waals surface area contributed by atoms with Crippen LogP contribution in [0.2, 0.25) is 0 Å². The summed E-state index contributed by atoms with van der Waals surface area (Å²) in [7, 11) is 2.89. The van der Waals surface area contributed by atoms with Crippen LogP contribution in [0.25, 0.3) is 6.08 Å². The molecule has 4 heteroatoms. The minimum Gasteiger partial charge on any atom is -0.493 e. The van der Waals surface area contributed by atoms with E-state index < -0.39 is 12.1 Å². The largest absolute Gasteiger partial charge is 0.493 e. The Labute approximate surface area is 107 Å². The number of esters is 1. The lowest BCUT2D eigenvalue weighted by atomic mass is 10.2. The first-order valence-electron chi connectivity index (χ1n) is 5.67. The number of methoxy groups -OCH3 is 2. The molecule has 1 rings (SSSR count). The Morgan fingerprint density at radius 3 is 2.56 bits per heavy atom. The standard InChI is InChI=1S/C14H18O4/c1-5-6-11-7-8-12(13(9-11)16-3)18-10(2)14(15)17-4/h5-10H,1-4H3/b6-5+. The molecule has 0 aromatic heterocycles. The predicted octanol–water partition coefficient (Wildman–Crippen LogP) is 2.67. The molecule has 4 nitrogen and oxygen atoms in total. The van der Waals surface area contributed by atoms with Crippen molar-refractivity contribution in [1.82, 2.24) is 0 Å². The van der Waals surface area contributed by atoms with E-state index in [1.807, 2.05) is 31.2 Å². The Hall–Kier alpha value is -1.97. The van der Waals surface area contributed by atoms with E-state index in [9.17, 15) is 4.79 Å².